The summed E-state index contributed by atoms with van der Waals surface area (Å²) in [4.78, 5) is 8.38. The summed E-state index contributed by atoms with van der Waals surface area (Å²) in [7, 11) is 1.35. The summed E-state index contributed by atoms with van der Waals surface area (Å²) in [6, 6.07) is 8.02. The number of hydrogen-bond acceptors (Lipinski definition) is 8. The molecule has 3 heterocycles. The fraction of sp³-hybridized carbons (Fsp3) is 0.286. The molecule has 0 aliphatic heterocycles. The number of methoxy groups -OCH3 is 1. The van der Waals surface area contributed by atoms with Crippen LogP contribution in [0.3, 0.4) is 0 Å². The number of fused-ring (bicyclic) bond motifs is 1. The molecule has 32 heavy (non-hydrogen) atoms. The van der Waals surface area contributed by atoms with Gasteiger partial charge in [-0.15, -0.1) is 5.10 Å². The number of aromatic nitrogens is 6. The van der Waals surface area contributed by atoms with E-state index in [0.29, 0.717) is 41.0 Å². The quantitative estimate of drug-likeness (QED) is 0.316. The second kappa shape index (κ2) is 7.38. The van der Waals surface area contributed by atoms with Crippen molar-refractivity contribution in [3.05, 3.63) is 53.7 Å². The van der Waals surface area contributed by atoms with Crippen LogP contribution in [0.4, 0.5) is 10.3 Å². The van der Waals surface area contributed by atoms with Crippen LogP contribution in [0.5, 0.6) is 5.75 Å². The molecule has 0 radical (unpaired) electrons. The molecule has 164 valence electrons. The number of aliphatic hydroxyl groups is 1. The maximum Gasteiger partial charge on any atom is 0.265 e. The Balaban J connectivity index is 1.52. The number of benzene rings is 1. The number of pyridine rings is 1. The van der Waals surface area contributed by atoms with Gasteiger partial charge in [0.15, 0.2) is 17.2 Å². The van der Waals surface area contributed by atoms with E-state index in [0.717, 1.165) is 11.2 Å². The minimum atomic E-state index is -1.01. The summed E-state index contributed by atoms with van der Waals surface area (Å²) in [5.74, 6) is -0.647. The Bertz CT molecular complexity index is 1340. The largest absolute Gasteiger partial charge is 0.491 e. The maximum absolute atomic E-state index is 14.1. The summed E-state index contributed by atoms with van der Waals surface area (Å²) < 4.78 is 21.8. The molecule has 1 aliphatic carbocycles. The molecule has 1 saturated carbocycles. The molecule has 1 fully saturated rings. The van der Waals surface area contributed by atoms with Crippen LogP contribution in [0.2, 0.25) is 0 Å². The molecule has 0 atom stereocenters. The second-order valence-corrected chi connectivity index (χ2v) is 7.81. The first-order valence-corrected chi connectivity index (χ1v) is 10.1. The van der Waals surface area contributed by atoms with Gasteiger partial charge in [-0.1, -0.05) is 5.21 Å². The van der Waals surface area contributed by atoms with Crippen LogP contribution < -0.4 is 15.2 Å². The minimum absolute atomic E-state index is 0.0303. The average molecular weight is 438 g/mol. The number of hydrogen-bond donors (Lipinski definition) is 3. The topological polar surface area (TPSA) is 136 Å². The van der Waals surface area contributed by atoms with Crippen LogP contribution in [0, 0.1) is 5.82 Å². The van der Waals surface area contributed by atoms with E-state index >= 15 is 0 Å². The van der Waals surface area contributed by atoms with E-state index in [1.165, 1.54) is 23.9 Å². The van der Waals surface area contributed by atoms with Gasteiger partial charge in [-0.05, 0) is 37.5 Å². The molecule has 0 bridgehead atoms. The van der Waals surface area contributed by atoms with Gasteiger partial charge in [0.1, 0.15) is 23.4 Å². The molecule has 3 aromatic heterocycles. The van der Waals surface area contributed by atoms with Gasteiger partial charge in [-0.3, -0.25) is 5.21 Å². The number of rotatable bonds is 5. The van der Waals surface area contributed by atoms with E-state index in [1.807, 2.05) is 0 Å². The van der Waals surface area contributed by atoms with E-state index in [4.69, 9.17) is 10.5 Å². The Morgan fingerprint density at radius 1 is 1.25 bits per heavy atom. The molecule has 4 N–H and O–H groups in total. The van der Waals surface area contributed by atoms with Crippen molar-refractivity contribution in [3.8, 4) is 17.1 Å². The lowest BCUT2D eigenvalue weighted by Crippen LogP contribution is -2.50. The zero-order valence-electron chi connectivity index (χ0n) is 17.2. The van der Waals surface area contributed by atoms with Crippen molar-refractivity contribution >= 4 is 16.9 Å². The van der Waals surface area contributed by atoms with Gasteiger partial charge in [0.25, 0.3) is 11.4 Å². The van der Waals surface area contributed by atoms with Gasteiger partial charge >= 0.3 is 0 Å². The van der Waals surface area contributed by atoms with Gasteiger partial charge in [0.2, 0.25) is 5.95 Å². The Kier molecular flexibility index (Phi) is 4.63. The van der Waals surface area contributed by atoms with Gasteiger partial charge < -0.3 is 15.6 Å². The second-order valence-electron chi connectivity index (χ2n) is 7.81. The Hall–Kier alpha value is -3.86. The third kappa shape index (κ3) is 3.17. The van der Waals surface area contributed by atoms with Crippen LogP contribution >= 0.6 is 0 Å². The van der Waals surface area contributed by atoms with Crippen LogP contribution in [-0.2, 0) is 12.1 Å². The molecule has 4 aromatic rings. The third-order valence-electron chi connectivity index (χ3n) is 5.80. The van der Waals surface area contributed by atoms with Crippen LogP contribution in [0.15, 0.2) is 36.5 Å². The van der Waals surface area contributed by atoms with Crippen LogP contribution in [0.25, 0.3) is 22.3 Å². The number of nitrogens with two attached hydrogens (primary N) is 1. The Morgan fingerprint density at radius 3 is 2.78 bits per heavy atom. The summed E-state index contributed by atoms with van der Waals surface area (Å²) in [6.45, 7) is 0.198. The van der Waals surface area contributed by atoms with Crippen molar-refractivity contribution < 1.29 is 24.2 Å². The number of anilines is 1. The Morgan fingerprint density at radius 2 is 2.06 bits per heavy atom. The van der Waals surface area contributed by atoms with Gasteiger partial charge in [-0.25, -0.2) is 19.0 Å². The van der Waals surface area contributed by atoms with E-state index < -0.39 is 11.4 Å². The molecule has 1 aromatic carbocycles. The maximum atomic E-state index is 14.1. The van der Waals surface area contributed by atoms with Crippen molar-refractivity contribution in [2.75, 3.05) is 12.8 Å². The fourth-order valence-corrected chi connectivity index (χ4v) is 3.99. The first kappa shape index (κ1) is 20.1. The van der Waals surface area contributed by atoms with E-state index in [1.54, 1.807) is 24.4 Å². The molecule has 1 aliphatic rings. The van der Waals surface area contributed by atoms with Crippen molar-refractivity contribution in [1.82, 2.24) is 25.0 Å². The van der Waals surface area contributed by atoms with E-state index in [2.05, 4.69) is 20.3 Å². The molecular weight excluding hydrogens is 417 g/mol. The van der Waals surface area contributed by atoms with Crippen molar-refractivity contribution in [1.29, 1.82) is 0 Å². The monoisotopic (exact) mass is 438 g/mol. The molecule has 0 unspecified atom stereocenters. The number of ether oxygens (including phenoxy) is 1. The summed E-state index contributed by atoms with van der Waals surface area (Å²) in [5, 5.41) is 30.1. The van der Waals surface area contributed by atoms with Gasteiger partial charge in [0.05, 0.1) is 13.3 Å². The summed E-state index contributed by atoms with van der Waals surface area (Å²) in [6.07, 6.45) is 3.77. The number of halogens is 1. The average Bonchev–Trinajstić information content (AvgIpc) is 3.21. The lowest BCUT2D eigenvalue weighted by Gasteiger charge is -2.32. The van der Waals surface area contributed by atoms with Crippen LogP contribution in [-0.4, -0.2) is 42.4 Å². The van der Waals surface area contributed by atoms with Gasteiger partial charge in [0, 0.05) is 22.2 Å². The third-order valence-corrected chi connectivity index (χ3v) is 5.80. The zero-order chi connectivity index (χ0) is 22.5. The minimum Gasteiger partial charge on any atom is -0.491 e. The van der Waals surface area contributed by atoms with Gasteiger partial charge in [-0.2, -0.15) is 0 Å². The standard InChI is InChI=1S/C21H21FN7O3/c1-32-19-14(22)7-6-13-17(24-20(23)25-18(13)19)15-11-28(27-26-15)10-12-4-2-5-16(29(12)31)21(30)8-3-9-21/h2,4-7,11,30-31H,3,8-10H2,1H3,(H2,23,24,25)/q+1. The van der Waals surface area contributed by atoms with Crippen molar-refractivity contribution in [3.63, 3.8) is 0 Å². The molecule has 0 amide bonds. The molecule has 11 heteroatoms. The van der Waals surface area contributed by atoms with E-state index in [-0.39, 0.29) is 23.8 Å². The lowest BCUT2D eigenvalue weighted by atomic mass is 9.77. The highest BCUT2D eigenvalue weighted by atomic mass is 19.1. The highest BCUT2D eigenvalue weighted by Gasteiger charge is 2.44. The fourth-order valence-electron chi connectivity index (χ4n) is 3.99. The molecule has 5 rings (SSSR count). The Labute approximate surface area is 181 Å². The lowest BCUT2D eigenvalue weighted by molar-refractivity contribution is -0.918. The SMILES string of the molecule is COc1c(F)ccc2c(-c3cn(Cc4cccc(C5(O)CCC5)[n+]4O)nn3)nc(N)nc12. The highest BCUT2D eigenvalue weighted by molar-refractivity contribution is 5.95. The first-order chi connectivity index (χ1) is 15.4. The molecular formula is C21H21FN7O3+. The van der Waals surface area contributed by atoms with Crippen LogP contribution in [0.1, 0.15) is 30.7 Å². The summed E-state index contributed by atoms with van der Waals surface area (Å²) >= 11 is 0. The molecule has 0 saturated heterocycles. The summed E-state index contributed by atoms with van der Waals surface area (Å²) in [5.41, 5.74) is 6.82. The smallest absolute Gasteiger partial charge is 0.265 e. The highest BCUT2D eigenvalue weighted by Crippen LogP contribution is 2.39. The molecule has 10 nitrogen and oxygen atoms in total. The zero-order valence-corrected chi connectivity index (χ0v) is 17.2. The predicted octanol–water partition coefficient (Wildman–Crippen LogP) is 1.56. The predicted molar refractivity (Wildman–Crippen MR) is 110 cm³/mol. The van der Waals surface area contributed by atoms with Crippen molar-refractivity contribution in [2.24, 2.45) is 0 Å². The van der Waals surface area contributed by atoms with Crippen molar-refractivity contribution in [2.45, 2.75) is 31.4 Å². The molecule has 0 spiro atoms. The van der Waals surface area contributed by atoms with E-state index in [9.17, 15) is 14.7 Å². The number of nitrogen functional groups attached to an aromatic ring is 1. The number of nitrogens with zero attached hydrogens (tertiary/aromatic N) is 6. The normalized spacial score (nSPS) is 15.0. The first-order valence-electron chi connectivity index (χ1n) is 10.1.